The maximum absolute atomic E-state index is 12.6. The quantitative estimate of drug-likeness (QED) is 0.543. The molecule has 0 saturated heterocycles. The Labute approximate surface area is 173 Å². The zero-order valence-corrected chi connectivity index (χ0v) is 16.0. The van der Waals surface area contributed by atoms with Crippen LogP contribution < -0.4 is 10.6 Å². The monoisotopic (exact) mass is 437 g/mol. The molecule has 3 aromatic rings. The van der Waals surface area contributed by atoms with Crippen LogP contribution in [0, 0.1) is 0 Å². The molecule has 1 unspecified atom stereocenters. The average Bonchev–Trinajstić information content (AvgIpc) is 3.17. The van der Waals surface area contributed by atoms with Crippen LogP contribution in [0.25, 0.3) is 0 Å². The Morgan fingerprint density at radius 3 is 2.37 bits per heavy atom. The summed E-state index contributed by atoms with van der Waals surface area (Å²) >= 11 is 6.05. The molecule has 0 aliphatic carbocycles. The molecule has 0 spiro atoms. The van der Waals surface area contributed by atoms with Gasteiger partial charge in [0.25, 0.3) is 5.91 Å². The number of aromatic nitrogens is 3. The summed E-state index contributed by atoms with van der Waals surface area (Å²) in [6, 6.07) is 14.3. The molecule has 0 fully saturated rings. The minimum atomic E-state index is -4.72. The van der Waals surface area contributed by atoms with E-state index in [0.29, 0.717) is 5.56 Å². The Morgan fingerprint density at radius 2 is 1.73 bits per heavy atom. The van der Waals surface area contributed by atoms with Crippen LogP contribution in [0.2, 0.25) is 5.02 Å². The van der Waals surface area contributed by atoms with Crippen LogP contribution in [0.15, 0.2) is 54.6 Å². The summed E-state index contributed by atoms with van der Waals surface area (Å²) in [5.41, 5.74) is 0.850. The minimum absolute atomic E-state index is 0.226. The van der Waals surface area contributed by atoms with Crippen molar-refractivity contribution in [1.29, 1.82) is 0 Å². The maximum atomic E-state index is 12.6. The first-order valence-corrected chi connectivity index (χ1v) is 9.01. The average molecular weight is 438 g/mol. The number of anilines is 1. The highest BCUT2D eigenvalue weighted by atomic mass is 35.5. The summed E-state index contributed by atoms with van der Waals surface area (Å²) in [7, 11) is 0. The van der Waals surface area contributed by atoms with Gasteiger partial charge in [-0.15, -0.1) is 5.10 Å². The largest absolute Gasteiger partial charge is 0.451 e. The summed E-state index contributed by atoms with van der Waals surface area (Å²) in [5.74, 6) is -3.03. The fourth-order valence-electron chi connectivity index (χ4n) is 2.62. The van der Waals surface area contributed by atoms with Gasteiger partial charge >= 0.3 is 6.18 Å². The van der Waals surface area contributed by atoms with Gasteiger partial charge in [0.1, 0.15) is 0 Å². The molecule has 0 aliphatic rings. The highest BCUT2D eigenvalue weighted by molar-refractivity contribution is 6.33. The number of benzene rings is 2. The first kappa shape index (κ1) is 21.3. The number of hydrogen-bond acceptors (Lipinski definition) is 4. The van der Waals surface area contributed by atoms with Crippen LogP contribution in [0.5, 0.6) is 0 Å². The van der Waals surface area contributed by atoms with E-state index in [9.17, 15) is 22.8 Å². The SMILES string of the molecule is O=C(CC(NC(=O)c1ccccc1Cl)c1ccccc1)Nc1n[nH]c(C(F)(F)F)n1. The Kier molecular flexibility index (Phi) is 6.36. The lowest BCUT2D eigenvalue weighted by Gasteiger charge is -2.19. The summed E-state index contributed by atoms with van der Waals surface area (Å²) < 4.78 is 37.8. The number of nitrogens with one attached hydrogen (secondary N) is 3. The van der Waals surface area contributed by atoms with Crippen LogP contribution in [0.3, 0.4) is 0 Å². The zero-order valence-electron chi connectivity index (χ0n) is 15.2. The Morgan fingerprint density at radius 1 is 1.07 bits per heavy atom. The lowest BCUT2D eigenvalue weighted by atomic mass is 10.0. The number of aromatic amines is 1. The van der Waals surface area contributed by atoms with Crippen molar-refractivity contribution in [1.82, 2.24) is 20.5 Å². The number of alkyl halides is 3. The molecule has 1 aromatic heterocycles. The van der Waals surface area contributed by atoms with Crippen molar-refractivity contribution in [3.63, 3.8) is 0 Å². The second kappa shape index (κ2) is 8.95. The topological polar surface area (TPSA) is 99.8 Å². The van der Waals surface area contributed by atoms with Crippen molar-refractivity contribution < 1.29 is 22.8 Å². The van der Waals surface area contributed by atoms with E-state index < -0.39 is 35.8 Å². The zero-order chi connectivity index (χ0) is 21.7. The predicted octanol–water partition coefficient (Wildman–Crippen LogP) is 3.98. The fourth-order valence-corrected chi connectivity index (χ4v) is 2.85. The molecule has 11 heteroatoms. The minimum Gasteiger partial charge on any atom is -0.345 e. The third kappa shape index (κ3) is 5.35. The number of hydrogen-bond donors (Lipinski definition) is 3. The molecule has 3 N–H and O–H groups in total. The van der Waals surface area contributed by atoms with Crippen molar-refractivity contribution in [3.8, 4) is 0 Å². The molecule has 2 aromatic carbocycles. The van der Waals surface area contributed by atoms with Crippen LogP contribution in [0.4, 0.5) is 19.1 Å². The lowest BCUT2D eigenvalue weighted by Crippen LogP contribution is -2.31. The Hall–Kier alpha value is -3.40. The smallest absolute Gasteiger partial charge is 0.345 e. The van der Waals surface area contributed by atoms with E-state index in [0.717, 1.165) is 0 Å². The van der Waals surface area contributed by atoms with Gasteiger partial charge in [0.15, 0.2) is 0 Å². The van der Waals surface area contributed by atoms with E-state index in [2.05, 4.69) is 20.7 Å². The lowest BCUT2D eigenvalue weighted by molar-refractivity contribution is -0.144. The summed E-state index contributed by atoms with van der Waals surface area (Å²) in [5, 5.41) is 10.2. The van der Waals surface area contributed by atoms with Gasteiger partial charge in [-0.1, -0.05) is 54.1 Å². The molecular weight excluding hydrogens is 423 g/mol. The van der Waals surface area contributed by atoms with Crippen molar-refractivity contribution in [2.45, 2.75) is 18.6 Å². The number of H-pyrrole nitrogens is 1. The standard InChI is InChI=1S/C19H15ClF3N5O2/c20-13-9-5-4-8-12(13)16(30)24-14(11-6-2-1-3-7-11)10-15(29)25-18-26-17(27-28-18)19(21,22)23/h1-9,14H,10H2,(H,24,30)(H2,25,26,27,28,29). The van der Waals surface area contributed by atoms with Gasteiger partial charge < -0.3 is 5.32 Å². The number of rotatable bonds is 6. The highest BCUT2D eigenvalue weighted by Crippen LogP contribution is 2.26. The Bertz CT molecular complexity index is 1040. The molecule has 0 aliphatic heterocycles. The van der Waals surface area contributed by atoms with E-state index in [-0.39, 0.29) is 17.0 Å². The molecule has 2 amide bonds. The first-order chi connectivity index (χ1) is 14.2. The number of amides is 2. The van der Waals surface area contributed by atoms with Crippen LogP contribution in [0.1, 0.15) is 34.2 Å². The number of carbonyl (C=O) groups is 2. The van der Waals surface area contributed by atoms with Crippen molar-refractivity contribution in [2.75, 3.05) is 5.32 Å². The second-order valence-electron chi connectivity index (χ2n) is 6.17. The van der Waals surface area contributed by atoms with E-state index in [4.69, 9.17) is 11.6 Å². The first-order valence-electron chi connectivity index (χ1n) is 8.64. The molecule has 1 atom stereocenters. The van der Waals surface area contributed by atoms with E-state index in [1.807, 2.05) is 0 Å². The molecular formula is C19H15ClF3N5O2. The van der Waals surface area contributed by atoms with Crippen LogP contribution in [-0.2, 0) is 11.0 Å². The van der Waals surface area contributed by atoms with E-state index >= 15 is 0 Å². The second-order valence-corrected chi connectivity index (χ2v) is 6.58. The Balaban J connectivity index is 1.74. The predicted molar refractivity (Wildman–Crippen MR) is 103 cm³/mol. The highest BCUT2D eigenvalue weighted by Gasteiger charge is 2.35. The van der Waals surface area contributed by atoms with Crippen molar-refractivity contribution >= 4 is 29.4 Å². The molecule has 0 bridgehead atoms. The normalized spacial score (nSPS) is 12.3. The van der Waals surface area contributed by atoms with E-state index in [1.165, 1.54) is 6.07 Å². The van der Waals surface area contributed by atoms with Crippen LogP contribution >= 0.6 is 11.6 Å². The number of nitrogens with zero attached hydrogens (tertiary/aromatic N) is 2. The summed E-state index contributed by atoms with van der Waals surface area (Å²) in [4.78, 5) is 28.2. The molecule has 3 rings (SSSR count). The molecule has 0 radical (unpaired) electrons. The third-order valence-electron chi connectivity index (χ3n) is 4.02. The van der Waals surface area contributed by atoms with E-state index in [1.54, 1.807) is 53.6 Å². The van der Waals surface area contributed by atoms with Crippen molar-refractivity contribution in [2.24, 2.45) is 0 Å². The number of halogens is 4. The fraction of sp³-hybridized carbons (Fsp3) is 0.158. The van der Waals surface area contributed by atoms with Crippen LogP contribution in [-0.4, -0.2) is 27.0 Å². The van der Waals surface area contributed by atoms with Gasteiger partial charge in [-0.3, -0.25) is 20.0 Å². The van der Waals surface area contributed by atoms with Gasteiger partial charge in [0.2, 0.25) is 17.7 Å². The summed E-state index contributed by atoms with van der Waals surface area (Å²) in [6.07, 6.45) is -4.98. The molecule has 30 heavy (non-hydrogen) atoms. The van der Waals surface area contributed by atoms with Gasteiger partial charge in [0, 0.05) is 0 Å². The van der Waals surface area contributed by atoms with Gasteiger partial charge in [-0.05, 0) is 17.7 Å². The molecule has 1 heterocycles. The summed E-state index contributed by atoms with van der Waals surface area (Å²) in [6.45, 7) is 0. The molecule has 7 nitrogen and oxygen atoms in total. The van der Waals surface area contributed by atoms with Gasteiger partial charge in [-0.2, -0.15) is 18.2 Å². The van der Waals surface area contributed by atoms with Gasteiger partial charge in [0.05, 0.1) is 23.0 Å². The third-order valence-corrected chi connectivity index (χ3v) is 4.35. The maximum Gasteiger partial charge on any atom is 0.451 e. The molecule has 0 saturated carbocycles. The number of carbonyl (C=O) groups excluding carboxylic acids is 2. The van der Waals surface area contributed by atoms with Crippen molar-refractivity contribution in [3.05, 3.63) is 76.6 Å². The molecule has 156 valence electrons. The van der Waals surface area contributed by atoms with Gasteiger partial charge in [-0.25, -0.2) is 0 Å².